The van der Waals surface area contributed by atoms with Crippen LogP contribution in [0.25, 0.3) is 0 Å². The molecule has 2 aromatic carbocycles. The number of aryl methyl sites for hydroxylation is 2. The lowest BCUT2D eigenvalue weighted by Gasteiger charge is -2.18. The molecule has 2 aromatic rings. The van der Waals surface area contributed by atoms with Gasteiger partial charge in [0, 0.05) is 0 Å². The molecule has 2 nitrogen and oxygen atoms in total. The molecule has 0 aliphatic heterocycles. The van der Waals surface area contributed by atoms with Crippen LogP contribution in [0.5, 0.6) is 0 Å². The van der Waals surface area contributed by atoms with Crippen molar-refractivity contribution in [2.45, 2.75) is 26.3 Å². The second-order valence-corrected chi connectivity index (χ2v) is 4.61. The molecule has 0 spiro atoms. The summed E-state index contributed by atoms with van der Waals surface area (Å²) in [5.74, 6) is 5.72. The van der Waals surface area contributed by atoms with Crippen molar-refractivity contribution >= 4 is 0 Å². The molecule has 18 heavy (non-hydrogen) atoms. The minimum absolute atomic E-state index is 0.0529. The van der Waals surface area contributed by atoms with Gasteiger partial charge in [0.15, 0.2) is 0 Å². The number of benzene rings is 2. The van der Waals surface area contributed by atoms with E-state index in [2.05, 4.69) is 67.8 Å². The number of nitrogens with one attached hydrogen (secondary N) is 1. The minimum Gasteiger partial charge on any atom is -0.271 e. The average molecular weight is 240 g/mol. The summed E-state index contributed by atoms with van der Waals surface area (Å²) in [6.07, 6.45) is 1.04. The van der Waals surface area contributed by atoms with Crippen LogP contribution in [-0.2, 0) is 6.42 Å². The molecular weight excluding hydrogens is 220 g/mol. The maximum atomic E-state index is 5.72. The summed E-state index contributed by atoms with van der Waals surface area (Å²) in [4.78, 5) is 0. The fourth-order valence-corrected chi connectivity index (χ4v) is 2.14. The standard InChI is InChI=1S/C16H20N2/c1-3-13-5-4-6-15(11-13)16(18-17)14-9-7-12(2)8-10-14/h4-11,16,18H,3,17H2,1-2H3. The van der Waals surface area contributed by atoms with Crippen molar-refractivity contribution in [3.63, 3.8) is 0 Å². The van der Waals surface area contributed by atoms with Gasteiger partial charge in [0.05, 0.1) is 6.04 Å². The Morgan fingerprint density at radius 1 is 1.06 bits per heavy atom. The van der Waals surface area contributed by atoms with Gasteiger partial charge in [0.25, 0.3) is 0 Å². The zero-order valence-electron chi connectivity index (χ0n) is 11.0. The first-order chi connectivity index (χ1) is 8.74. The zero-order chi connectivity index (χ0) is 13.0. The lowest BCUT2D eigenvalue weighted by atomic mass is 9.96. The van der Waals surface area contributed by atoms with Crippen LogP contribution in [-0.4, -0.2) is 0 Å². The highest BCUT2D eigenvalue weighted by molar-refractivity contribution is 5.35. The van der Waals surface area contributed by atoms with Crippen molar-refractivity contribution in [3.05, 3.63) is 70.8 Å². The fourth-order valence-electron chi connectivity index (χ4n) is 2.14. The molecule has 0 bridgehead atoms. The van der Waals surface area contributed by atoms with Crippen LogP contribution in [0.4, 0.5) is 0 Å². The van der Waals surface area contributed by atoms with Crippen LogP contribution in [0.1, 0.15) is 35.2 Å². The Kier molecular flexibility index (Phi) is 4.13. The summed E-state index contributed by atoms with van der Waals surface area (Å²) in [7, 11) is 0. The molecule has 0 saturated heterocycles. The monoisotopic (exact) mass is 240 g/mol. The highest BCUT2D eigenvalue weighted by Gasteiger charge is 2.12. The Labute approximate surface area is 109 Å². The molecule has 0 aliphatic carbocycles. The predicted molar refractivity (Wildman–Crippen MR) is 76.2 cm³/mol. The highest BCUT2D eigenvalue weighted by Crippen LogP contribution is 2.22. The van der Waals surface area contributed by atoms with E-state index < -0.39 is 0 Å². The van der Waals surface area contributed by atoms with Gasteiger partial charge in [-0.3, -0.25) is 5.84 Å². The van der Waals surface area contributed by atoms with Gasteiger partial charge in [-0.1, -0.05) is 61.0 Å². The summed E-state index contributed by atoms with van der Waals surface area (Å²) < 4.78 is 0. The molecule has 3 N–H and O–H groups in total. The third kappa shape index (κ3) is 2.78. The lowest BCUT2D eigenvalue weighted by molar-refractivity contribution is 0.636. The molecule has 1 atom stereocenters. The van der Waals surface area contributed by atoms with Crippen LogP contribution in [0.2, 0.25) is 0 Å². The third-order valence-electron chi connectivity index (χ3n) is 3.27. The summed E-state index contributed by atoms with van der Waals surface area (Å²) in [6.45, 7) is 4.25. The summed E-state index contributed by atoms with van der Waals surface area (Å²) >= 11 is 0. The van der Waals surface area contributed by atoms with Gasteiger partial charge in [-0.15, -0.1) is 0 Å². The lowest BCUT2D eigenvalue weighted by Crippen LogP contribution is -2.28. The van der Waals surface area contributed by atoms with Gasteiger partial charge >= 0.3 is 0 Å². The van der Waals surface area contributed by atoms with Crippen molar-refractivity contribution in [3.8, 4) is 0 Å². The van der Waals surface area contributed by atoms with Gasteiger partial charge < -0.3 is 0 Å². The van der Waals surface area contributed by atoms with E-state index in [0.29, 0.717) is 0 Å². The van der Waals surface area contributed by atoms with Crippen molar-refractivity contribution in [1.29, 1.82) is 0 Å². The van der Waals surface area contributed by atoms with E-state index in [1.165, 1.54) is 22.3 Å². The van der Waals surface area contributed by atoms with Crippen LogP contribution >= 0.6 is 0 Å². The Bertz CT molecular complexity index is 503. The zero-order valence-corrected chi connectivity index (χ0v) is 11.0. The quantitative estimate of drug-likeness (QED) is 0.636. The van der Waals surface area contributed by atoms with Crippen LogP contribution in [0, 0.1) is 6.92 Å². The third-order valence-corrected chi connectivity index (χ3v) is 3.27. The van der Waals surface area contributed by atoms with Crippen LogP contribution in [0.15, 0.2) is 48.5 Å². The maximum absolute atomic E-state index is 5.72. The average Bonchev–Trinajstić information content (AvgIpc) is 2.42. The van der Waals surface area contributed by atoms with E-state index in [1.54, 1.807) is 0 Å². The molecule has 0 fully saturated rings. The topological polar surface area (TPSA) is 38.0 Å². The van der Waals surface area contributed by atoms with Crippen LogP contribution < -0.4 is 11.3 Å². The molecule has 0 aliphatic rings. The molecule has 2 heteroatoms. The molecule has 0 radical (unpaired) electrons. The smallest absolute Gasteiger partial charge is 0.0710 e. The second-order valence-electron chi connectivity index (χ2n) is 4.61. The maximum Gasteiger partial charge on any atom is 0.0710 e. The van der Waals surface area contributed by atoms with Gasteiger partial charge in [-0.2, -0.15) is 0 Å². The second kappa shape index (κ2) is 5.80. The number of hydrazine groups is 1. The van der Waals surface area contributed by atoms with Crippen molar-refractivity contribution < 1.29 is 0 Å². The number of nitrogens with two attached hydrogens (primary N) is 1. The highest BCUT2D eigenvalue weighted by atomic mass is 15.2. The molecular formula is C16H20N2. The van der Waals surface area contributed by atoms with E-state index in [-0.39, 0.29) is 6.04 Å². The number of hydrogen-bond acceptors (Lipinski definition) is 2. The van der Waals surface area contributed by atoms with Crippen molar-refractivity contribution in [1.82, 2.24) is 5.43 Å². The normalized spacial score (nSPS) is 12.4. The van der Waals surface area contributed by atoms with Gasteiger partial charge in [-0.05, 0) is 30.0 Å². The SMILES string of the molecule is CCc1cccc(C(NN)c2ccc(C)cc2)c1. The molecule has 0 heterocycles. The summed E-state index contributed by atoms with van der Waals surface area (Å²) in [5.41, 5.74) is 7.90. The first-order valence-electron chi connectivity index (χ1n) is 6.36. The predicted octanol–water partition coefficient (Wildman–Crippen LogP) is 3.11. The first kappa shape index (κ1) is 12.8. The van der Waals surface area contributed by atoms with Gasteiger partial charge in [0.1, 0.15) is 0 Å². The van der Waals surface area contributed by atoms with E-state index in [1.807, 2.05) is 0 Å². The van der Waals surface area contributed by atoms with E-state index in [4.69, 9.17) is 5.84 Å². The Hall–Kier alpha value is -1.64. The Morgan fingerprint density at radius 3 is 2.39 bits per heavy atom. The first-order valence-corrected chi connectivity index (χ1v) is 6.36. The largest absolute Gasteiger partial charge is 0.271 e. The van der Waals surface area contributed by atoms with Gasteiger partial charge in [0.2, 0.25) is 0 Å². The van der Waals surface area contributed by atoms with Crippen molar-refractivity contribution in [2.24, 2.45) is 5.84 Å². The molecule has 2 rings (SSSR count). The number of hydrogen-bond donors (Lipinski definition) is 2. The van der Waals surface area contributed by atoms with E-state index in [9.17, 15) is 0 Å². The number of rotatable bonds is 4. The molecule has 94 valence electrons. The Balaban J connectivity index is 2.35. The van der Waals surface area contributed by atoms with Gasteiger partial charge in [-0.25, -0.2) is 5.43 Å². The molecule has 0 amide bonds. The summed E-state index contributed by atoms with van der Waals surface area (Å²) in [5, 5.41) is 0. The van der Waals surface area contributed by atoms with Crippen molar-refractivity contribution in [2.75, 3.05) is 0 Å². The Morgan fingerprint density at radius 2 is 1.78 bits per heavy atom. The van der Waals surface area contributed by atoms with E-state index in [0.717, 1.165) is 6.42 Å². The molecule has 0 aromatic heterocycles. The minimum atomic E-state index is 0.0529. The van der Waals surface area contributed by atoms with Crippen LogP contribution in [0.3, 0.4) is 0 Å². The van der Waals surface area contributed by atoms with E-state index >= 15 is 0 Å². The molecule has 1 unspecified atom stereocenters. The fraction of sp³-hybridized carbons (Fsp3) is 0.250. The molecule has 0 saturated carbocycles. The summed E-state index contributed by atoms with van der Waals surface area (Å²) in [6, 6.07) is 17.1.